The van der Waals surface area contributed by atoms with E-state index >= 15 is 0 Å². The van der Waals surface area contributed by atoms with E-state index in [0.29, 0.717) is 0 Å². The number of nitriles is 2. The van der Waals surface area contributed by atoms with Crippen molar-refractivity contribution in [2.24, 2.45) is 5.92 Å². The van der Waals surface area contributed by atoms with Crippen LogP contribution in [-0.2, 0) is 9.59 Å². The number of rotatable bonds is 3. The molecule has 0 bridgehead atoms. The van der Waals surface area contributed by atoms with Crippen molar-refractivity contribution < 1.29 is 112 Å². The average Bonchev–Trinajstić information content (AvgIpc) is 2.21. The fourth-order valence-electron chi connectivity index (χ4n) is 0.562. The minimum absolute atomic E-state index is 0. The Kier molecular flexibility index (Phi) is 16.4. The van der Waals surface area contributed by atoms with Gasteiger partial charge in [0, 0.05) is 0 Å². The van der Waals surface area contributed by atoms with Crippen LogP contribution >= 0.6 is 0 Å². The number of hydrogen-bond acceptors (Lipinski definition) is 4. The zero-order valence-corrected chi connectivity index (χ0v) is 15.0. The first-order chi connectivity index (χ1) is 6.62. The van der Waals surface area contributed by atoms with E-state index in [-0.39, 0.29) is 103 Å². The molecule has 0 heterocycles. The third-order valence-electron chi connectivity index (χ3n) is 1.24. The van der Waals surface area contributed by atoms with Crippen molar-refractivity contribution in [3.63, 3.8) is 0 Å². The molecule has 0 radical (unpaired) electrons. The van der Waals surface area contributed by atoms with Crippen molar-refractivity contribution in [1.29, 1.82) is 10.5 Å². The van der Waals surface area contributed by atoms with Crippen LogP contribution in [0, 0.1) is 41.7 Å². The summed E-state index contributed by atoms with van der Waals surface area (Å²) >= 11 is 0. The van der Waals surface area contributed by atoms with E-state index in [1.807, 2.05) is 0 Å². The predicted octanol–water partition coefficient (Wildman–Crippen LogP) is -6.04. The summed E-state index contributed by atoms with van der Waals surface area (Å²) in [5.41, 5.74) is 0. The molecule has 0 rings (SSSR count). The maximum Gasteiger partial charge on any atom is 1.00 e. The maximum absolute atomic E-state index is 11.0. The van der Waals surface area contributed by atoms with Crippen LogP contribution < -0.4 is 103 Å². The minimum atomic E-state index is -1.77. The van der Waals surface area contributed by atoms with Gasteiger partial charge in [-0.2, -0.15) is 10.5 Å². The largest absolute Gasteiger partial charge is 1.00 e. The topological polar surface area (TPSA) is 90.4 Å². The van der Waals surface area contributed by atoms with Crippen LogP contribution in [0.5, 0.6) is 0 Å². The van der Waals surface area contributed by atoms with Crippen molar-refractivity contribution in [3.05, 3.63) is 22.8 Å². The van der Waals surface area contributed by atoms with Gasteiger partial charge in [-0.3, -0.25) is 9.59 Å². The molecule has 8 heteroatoms. The molecule has 0 saturated heterocycles. The molecule has 0 aliphatic rings. The smallest absolute Gasteiger partial charge is 0.287 e. The fraction of sp³-hybridized carbons (Fsp3) is 0.250. The number of nitrogens with zero attached hydrogens (tertiary/aromatic N) is 4. The second-order valence-corrected chi connectivity index (χ2v) is 2.05. The third-order valence-corrected chi connectivity index (χ3v) is 1.24. The number of carbonyl (C=O) groups is 2. The van der Waals surface area contributed by atoms with Crippen molar-refractivity contribution in [3.8, 4) is 12.1 Å². The molecule has 0 N–H and O–H groups in total. The Morgan fingerprint density at radius 2 is 1.38 bits per heavy atom. The SMILES string of the molecule is [C-]#[N+]C([N+]#[C-])C(=O)C(=O)C(C#N)C#N.[K+].[K+]. The van der Waals surface area contributed by atoms with Gasteiger partial charge in [0.1, 0.15) is 0 Å². The molecule has 0 aromatic heterocycles. The Morgan fingerprint density at radius 1 is 1.00 bits per heavy atom. The molecule has 0 fully saturated rings. The quantitative estimate of drug-likeness (QED) is 0.288. The van der Waals surface area contributed by atoms with Crippen LogP contribution in [0.25, 0.3) is 9.69 Å². The molecule has 0 amide bonds. The van der Waals surface area contributed by atoms with E-state index in [9.17, 15) is 9.59 Å². The normalized spacial score (nSPS) is 7.12. The molecule has 0 unspecified atom stereocenters. The Hall–Kier alpha value is 0.573. The van der Waals surface area contributed by atoms with Gasteiger partial charge in [0.25, 0.3) is 0 Å². The van der Waals surface area contributed by atoms with Crippen LogP contribution in [-0.4, -0.2) is 17.7 Å². The van der Waals surface area contributed by atoms with Gasteiger partial charge in [0.2, 0.25) is 5.78 Å². The Balaban J connectivity index is -0.000000845. The van der Waals surface area contributed by atoms with E-state index in [0.717, 1.165) is 0 Å². The third kappa shape index (κ3) is 6.34. The van der Waals surface area contributed by atoms with Crippen LogP contribution in [0.1, 0.15) is 0 Å². The monoisotopic (exact) mass is 264 g/mol. The van der Waals surface area contributed by atoms with Gasteiger partial charge in [-0.05, 0) is 0 Å². The van der Waals surface area contributed by atoms with Gasteiger partial charge in [-0.25, -0.2) is 22.8 Å². The van der Waals surface area contributed by atoms with Crippen LogP contribution in [0.3, 0.4) is 0 Å². The zero-order chi connectivity index (χ0) is 11.1. The molecule has 6 nitrogen and oxygen atoms in total. The summed E-state index contributed by atoms with van der Waals surface area (Å²) in [5, 5.41) is 16.5. The summed E-state index contributed by atoms with van der Waals surface area (Å²) < 4.78 is 0. The van der Waals surface area contributed by atoms with Gasteiger partial charge in [-0.15, -0.1) is 0 Å². The van der Waals surface area contributed by atoms with Crippen LogP contribution in [0.15, 0.2) is 0 Å². The Labute approximate surface area is 177 Å². The molecule has 0 aromatic carbocycles. The summed E-state index contributed by atoms with van der Waals surface area (Å²) in [6.07, 6.45) is -1.77. The summed E-state index contributed by atoms with van der Waals surface area (Å²) in [4.78, 5) is 27.1. The van der Waals surface area contributed by atoms with E-state index in [2.05, 4.69) is 9.69 Å². The molecule has 0 aromatic rings. The van der Waals surface area contributed by atoms with Gasteiger partial charge in [0.15, 0.2) is 5.92 Å². The van der Waals surface area contributed by atoms with Crippen LogP contribution in [0.2, 0.25) is 0 Å². The van der Waals surface area contributed by atoms with E-state index < -0.39 is 23.7 Å². The number of Topliss-reactive ketones (excluding diaryl/α,β-unsaturated/α-hetero) is 2. The summed E-state index contributed by atoms with van der Waals surface area (Å²) in [6.45, 7) is 12.8. The van der Waals surface area contributed by atoms with Crippen molar-refractivity contribution >= 4 is 11.6 Å². The molecule has 0 saturated carbocycles. The zero-order valence-electron chi connectivity index (χ0n) is 8.76. The minimum Gasteiger partial charge on any atom is -0.287 e. The van der Waals surface area contributed by atoms with Crippen molar-refractivity contribution in [2.45, 2.75) is 6.17 Å². The Bertz CT molecular complexity index is 365. The number of carbonyl (C=O) groups excluding carboxylic acids is 2. The molecule has 66 valence electrons. The average molecular weight is 264 g/mol. The molecule has 0 aliphatic heterocycles. The summed E-state index contributed by atoms with van der Waals surface area (Å²) in [5.74, 6) is -4.33. The van der Waals surface area contributed by atoms with E-state index in [4.69, 9.17) is 23.7 Å². The fourth-order valence-corrected chi connectivity index (χ4v) is 0.562. The predicted molar refractivity (Wildman–Crippen MR) is 41.7 cm³/mol. The van der Waals surface area contributed by atoms with Gasteiger partial charge < -0.3 is 0 Å². The Morgan fingerprint density at radius 3 is 1.62 bits per heavy atom. The van der Waals surface area contributed by atoms with E-state index in [1.165, 1.54) is 12.1 Å². The van der Waals surface area contributed by atoms with Crippen molar-refractivity contribution in [1.82, 2.24) is 0 Å². The van der Waals surface area contributed by atoms with Gasteiger partial charge >= 0.3 is 115 Å². The van der Waals surface area contributed by atoms with Crippen LogP contribution in [0.4, 0.5) is 0 Å². The molecule has 0 aliphatic carbocycles. The first-order valence-corrected chi connectivity index (χ1v) is 3.22. The molecule has 16 heavy (non-hydrogen) atoms. The maximum atomic E-state index is 11.0. The molecule has 0 atom stereocenters. The summed E-state index contributed by atoms with van der Waals surface area (Å²) in [7, 11) is 0. The van der Waals surface area contributed by atoms with Crippen molar-refractivity contribution in [2.75, 3.05) is 0 Å². The molecular formula is C8H2K2N4O2+2. The first kappa shape index (κ1) is 21.8. The van der Waals surface area contributed by atoms with Gasteiger partial charge in [-0.1, -0.05) is 0 Å². The first-order valence-electron chi connectivity index (χ1n) is 3.22. The standard InChI is InChI=1S/C8H2N4O2.2K/c1-11-8(12-2)7(14)6(13)5(3-9)4-10;;/h5,8H;;/q;2*+1. The molecule has 0 spiro atoms. The van der Waals surface area contributed by atoms with E-state index in [1.54, 1.807) is 0 Å². The second kappa shape index (κ2) is 12.0. The number of ketones is 2. The number of hydrogen-bond donors (Lipinski definition) is 0. The molecular weight excluding hydrogens is 262 g/mol. The van der Waals surface area contributed by atoms with Gasteiger partial charge in [0.05, 0.1) is 12.1 Å². The summed E-state index contributed by atoms with van der Waals surface area (Å²) in [6, 6.07) is 2.60. The second-order valence-electron chi connectivity index (χ2n) is 2.05.